The number of fused-ring (bicyclic) bond motifs is 1. The molecule has 0 unspecified atom stereocenters. The standard InChI is InChI=1S/C22H22ClN3O3/c1-13-11-14(23)7-10-19(13)25-22(29)24-15-8-9-17-18(12-15)21(28)26(20(17)27)16-5-3-2-4-6-16/h7-12,16H,2-6H2,1H3,(H2,24,25,29). The third-order valence-electron chi connectivity index (χ3n) is 5.55. The predicted octanol–water partition coefficient (Wildman–Crippen LogP) is 5.22. The van der Waals surface area contributed by atoms with Crippen LogP contribution in [0.1, 0.15) is 58.4 Å². The van der Waals surface area contributed by atoms with Crippen LogP contribution in [0.5, 0.6) is 0 Å². The largest absolute Gasteiger partial charge is 0.323 e. The van der Waals surface area contributed by atoms with Gasteiger partial charge >= 0.3 is 6.03 Å². The van der Waals surface area contributed by atoms with E-state index >= 15 is 0 Å². The van der Waals surface area contributed by atoms with Crippen molar-refractivity contribution in [2.75, 3.05) is 10.6 Å². The molecule has 1 heterocycles. The van der Waals surface area contributed by atoms with E-state index in [0.29, 0.717) is 27.5 Å². The van der Waals surface area contributed by atoms with Crippen molar-refractivity contribution in [3.63, 3.8) is 0 Å². The van der Waals surface area contributed by atoms with Gasteiger partial charge in [0.1, 0.15) is 0 Å². The zero-order valence-electron chi connectivity index (χ0n) is 16.1. The Bertz CT molecular complexity index is 999. The topological polar surface area (TPSA) is 78.5 Å². The van der Waals surface area contributed by atoms with Gasteiger partial charge in [-0.15, -0.1) is 0 Å². The molecule has 2 aromatic rings. The molecule has 2 aromatic carbocycles. The quantitative estimate of drug-likeness (QED) is 0.679. The van der Waals surface area contributed by atoms with E-state index in [4.69, 9.17) is 11.6 Å². The van der Waals surface area contributed by atoms with Crippen molar-refractivity contribution in [1.29, 1.82) is 0 Å². The van der Waals surface area contributed by atoms with E-state index in [2.05, 4.69) is 10.6 Å². The number of carbonyl (C=O) groups is 3. The Balaban J connectivity index is 1.49. The lowest BCUT2D eigenvalue weighted by Gasteiger charge is -2.29. The van der Waals surface area contributed by atoms with E-state index in [1.54, 1.807) is 36.4 Å². The minimum atomic E-state index is -0.434. The van der Waals surface area contributed by atoms with Gasteiger partial charge in [-0.3, -0.25) is 14.5 Å². The molecule has 1 saturated carbocycles. The van der Waals surface area contributed by atoms with E-state index in [-0.39, 0.29) is 17.9 Å². The van der Waals surface area contributed by atoms with Crippen molar-refractivity contribution < 1.29 is 14.4 Å². The number of hydrogen-bond acceptors (Lipinski definition) is 3. The molecule has 4 amide bonds. The van der Waals surface area contributed by atoms with Crippen molar-refractivity contribution in [3.8, 4) is 0 Å². The first kappa shape index (κ1) is 19.5. The van der Waals surface area contributed by atoms with E-state index in [1.165, 1.54) is 4.90 Å². The van der Waals surface area contributed by atoms with Crippen molar-refractivity contribution >= 4 is 40.8 Å². The third-order valence-corrected chi connectivity index (χ3v) is 5.79. The lowest BCUT2D eigenvalue weighted by molar-refractivity contribution is 0.0549. The van der Waals surface area contributed by atoms with E-state index in [9.17, 15) is 14.4 Å². The average Bonchev–Trinajstić information content (AvgIpc) is 2.95. The van der Waals surface area contributed by atoms with Crippen LogP contribution in [0.2, 0.25) is 5.02 Å². The lowest BCUT2D eigenvalue weighted by Crippen LogP contribution is -2.40. The summed E-state index contributed by atoms with van der Waals surface area (Å²) >= 11 is 5.94. The van der Waals surface area contributed by atoms with Gasteiger partial charge in [0.05, 0.1) is 11.1 Å². The molecule has 0 atom stereocenters. The van der Waals surface area contributed by atoms with Gasteiger partial charge in [0, 0.05) is 22.4 Å². The zero-order valence-corrected chi connectivity index (χ0v) is 16.9. The molecule has 1 aliphatic carbocycles. The number of benzene rings is 2. The molecule has 0 aromatic heterocycles. The normalized spacial score (nSPS) is 16.7. The maximum absolute atomic E-state index is 12.9. The van der Waals surface area contributed by atoms with Crippen LogP contribution in [0, 0.1) is 6.92 Å². The number of amides is 4. The second-order valence-electron chi connectivity index (χ2n) is 7.57. The molecule has 0 radical (unpaired) electrons. The highest BCUT2D eigenvalue weighted by Gasteiger charge is 2.40. The highest BCUT2D eigenvalue weighted by atomic mass is 35.5. The number of anilines is 2. The summed E-state index contributed by atoms with van der Waals surface area (Å²) in [4.78, 5) is 39.4. The SMILES string of the molecule is Cc1cc(Cl)ccc1NC(=O)Nc1ccc2c(c1)C(=O)N(C1CCCCC1)C2=O. The molecular formula is C22H22ClN3O3. The summed E-state index contributed by atoms with van der Waals surface area (Å²) in [5.74, 6) is -0.501. The highest BCUT2D eigenvalue weighted by Crippen LogP contribution is 2.32. The van der Waals surface area contributed by atoms with Crippen LogP contribution in [0.15, 0.2) is 36.4 Å². The maximum Gasteiger partial charge on any atom is 0.323 e. The highest BCUT2D eigenvalue weighted by molar-refractivity contribution is 6.30. The molecule has 2 N–H and O–H groups in total. The average molecular weight is 412 g/mol. The van der Waals surface area contributed by atoms with Gasteiger partial charge in [-0.1, -0.05) is 30.9 Å². The van der Waals surface area contributed by atoms with Gasteiger partial charge in [0.2, 0.25) is 0 Å². The molecule has 4 rings (SSSR count). The number of nitrogens with one attached hydrogen (secondary N) is 2. The Hall–Kier alpha value is -2.86. The maximum atomic E-state index is 12.9. The molecule has 0 bridgehead atoms. The number of aryl methyl sites for hydroxylation is 1. The molecular weight excluding hydrogens is 390 g/mol. The van der Waals surface area contributed by atoms with Gasteiger partial charge in [-0.05, 0) is 61.7 Å². The van der Waals surface area contributed by atoms with Gasteiger partial charge in [0.15, 0.2) is 0 Å². The fourth-order valence-corrected chi connectivity index (χ4v) is 4.29. The molecule has 2 aliphatic rings. The third kappa shape index (κ3) is 3.85. The van der Waals surface area contributed by atoms with Gasteiger partial charge in [-0.25, -0.2) is 4.79 Å². The number of hydrogen-bond donors (Lipinski definition) is 2. The summed E-state index contributed by atoms with van der Waals surface area (Å²) in [6, 6.07) is 9.56. The number of carbonyl (C=O) groups excluding carboxylic acids is 3. The fraction of sp³-hybridized carbons (Fsp3) is 0.318. The van der Waals surface area contributed by atoms with E-state index in [0.717, 1.165) is 37.7 Å². The smallest absolute Gasteiger partial charge is 0.308 e. The Morgan fingerprint density at radius 2 is 1.69 bits per heavy atom. The zero-order chi connectivity index (χ0) is 20.5. The van der Waals surface area contributed by atoms with Crippen LogP contribution in [0.4, 0.5) is 16.2 Å². The van der Waals surface area contributed by atoms with Crippen LogP contribution in [0.25, 0.3) is 0 Å². The monoisotopic (exact) mass is 411 g/mol. The summed E-state index contributed by atoms with van der Waals surface area (Å²) in [6.45, 7) is 1.85. The number of rotatable bonds is 3. The lowest BCUT2D eigenvalue weighted by atomic mass is 9.94. The second-order valence-corrected chi connectivity index (χ2v) is 8.01. The molecule has 7 heteroatoms. The summed E-state index contributed by atoms with van der Waals surface area (Å²) in [5, 5.41) is 6.08. The number of urea groups is 1. The van der Waals surface area contributed by atoms with Gasteiger partial charge in [-0.2, -0.15) is 0 Å². The number of imide groups is 1. The first-order valence-electron chi connectivity index (χ1n) is 9.80. The summed E-state index contributed by atoms with van der Waals surface area (Å²) in [5.41, 5.74) is 2.69. The first-order chi connectivity index (χ1) is 13.9. The molecule has 150 valence electrons. The summed E-state index contributed by atoms with van der Waals surface area (Å²) in [7, 11) is 0. The van der Waals surface area contributed by atoms with E-state index < -0.39 is 6.03 Å². The van der Waals surface area contributed by atoms with E-state index in [1.807, 2.05) is 6.92 Å². The molecule has 0 spiro atoms. The number of nitrogens with zero attached hydrogens (tertiary/aromatic N) is 1. The van der Waals surface area contributed by atoms with Gasteiger partial charge in [0.25, 0.3) is 11.8 Å². The molecule has 29 heavy (non-hydrogen) atoms. The van der Waals surface area contributed by atoms with Crippen LogP contribution in [0.3, 0.4) is 0 Å². The predicted molar refractivity (Wildman–Crippen MR) is 113 cm³/mol. The van der Waals surface area contributed by atoms with Crippen molar-refractivity contribution in [1.82, 2.24) is 4.90 Å². The number of halogens is 1. The van der Waals surface area contributed by atoms with Crippen molar-refractivity contribution in [2.24, 2.45) is 0 Å². The van der Waals surface area contributed by atoms with Crippen molar-refractivity contribution in [3.05, 3.63) is 58.1 Å². The molecule has 1 fully saturated rings. The minimum absolute atomic E-state index is 0.0243. The van der Waals surface area contributed by atoms with Crippen LogP contribution in [-0.2, 0) is 0 Å². The summed E-state index contributed by atoms with van der Waals surface area (Å²) < 4.78 is 0. The Labute approximate surface area is 174 Å². The summed E-state index contributed by atoms with van der Waals surface area (Å²) in [6.07, 6.45) is 4.94. The molecule has 1 aliphatic heterocycles. The Kier molecular flexibility index (Phi) is 5.28. The van der Waals surface area contributed by atoms with Gasteiger partial charge < -0.3 is 10.6 Å². The minimum Gasteiger partial charge on any atom is -0.308 e. The van der Waals surface area contributed by atoms with Crippen molar-refractivity contribution in [2.45, 2.75) is 45.1 Å². The fourth-order valence-electron chi connectivity index (χ4n) is 4.06. The Morgan fingerprint density at radius 3 is 2.41 bits per heavy atom. The molecule has 6 nitrogen and oxygen atoms in total. The first-order valence-corrected chi connectivity index (χ1v) is 10.2. The van der Waals surface area contributed by atoms with Crippen LogP contribution in [-0.4, -0.2) is 28.8 Å². The van der Waals surface area contributed by atoms with Crippen LogP contribution < -0.4 is 10.6 Å². The Morgan fingerprint density at radius 1 is 0.966 bits per heavy atom. The van der Waals surface area contributed by atoms with Crippen LogP contribution >= 0.6 is 11.6 Å². The molecule has 0 saturated heterocycles. The second kappa shape index (κ2) is 7.87.